The smallest absolute Gasteiger partial charge is 0.239 e. The van der Waals surface area contributed by atoms with Crippen LogP contribution in [0.5, 0.6) is 0 Å². The highest BCUT2D eigenvalue weighted by Gasteiger charge is 2.32. The maximum absolute atomic E-state index is 13.4. The van der Waals surface area contributed by atoms with Crippen LogP contribution >= 0.6 is 46.5 Å². The standard InChI is InChI=1S/C18H21ClN6O2S3/c1-28-9-5-14(26)13(11-29-2)17(27)25(8-7-22-24-20)18-15(19)23-16(30-18)12-4-3-6-21-10-12/h3-4,6,10,13H,5,7-9,11H2,1-2H3. The molecule has 0 bridgehead atoms. The molecule has 2 heterocycles. The van der Waals surface area contributed by atoms with Crippen molar-refractivity contribution in [2.75, 3.05) is 42.0 Å². The van der Waals surface area contributed by atoms with Crippen molar-refractivity contribution in [3.05, 3.63) is 40.1 Å². The molecule has 0 radical (unpaired) electrons. The second kappa shape index (κ2) is 12.8. The Balaban J connectivity index is 2.39. The van der Waals surface area contributed by atoms with Crippen molar-refractivity contribution >= 4 is 63.2 Å². The maximum atomic E-state index is 13.4. The third kappa shape index (κ3) is 6.61. The molecule has 1 amide bonds. The van der Waals surface area contributed by atoms with Crippen molar-refractivity contribution in [1.29, 1.82) is 0 Å². The number of amides is 1. The number of hydrogen-bond acceptors (Lipinski definition) is 8. The zero-order chi connectivity index (χ0) is 21.9. The van der Waals surface area contributed by atoms with Gasteiger partial charge in [-0.25, -0.2) is 4.98 Å². The summed E-state index contributed by atoms with van der Waals surface area (Å²) in [4.78, 5) is 38.7. The molecule has 1 unspecified atom stereocenters. The average molecular weight is 485 g/mol. The number of pyridine rings is 1. The van der Waals surface area contributed by atoms with Crippen LogP contribution in [-0.4, -0.2) is 58.8 Å². The number of halogens is 1. The number of aromatic nitrogens is 2. The van der Waals surface area contributed by atoms with E-state index in [1.165, 1.54) is 28.0 Å². The number of hydrogen-bond donors (Lipinski definition) is 0. The molecule has 2 aromatic rings. The molecule has 1 atom stereocenters. The van der Waals surface area contributed by atoms with Crippen molar-refractivity contribution in [2.45, 2.75) is 6.42 Å². The van der Waals surface area contributed by atoms with Crippen LogP contribution in [0.4, 0.5) is 5.00 Å². The van der Waals surface area contributed by atoms with E-state index in [-0.39, 0.29) is 29.9 Å². The molecule has 0 aliphatic heterocycles. The van der Waals surface area contributed by atoms with Crippen LogP contribution in [0.2, 0.25) is 5.15 Å². The van der Waals surface area contributed by atoms with Gasteiger partial charge in [0.2, 0.25) is 5.91 Å². The SMILES string of the molecule is CSCCC(=O)C(CSC)C(=O)N(CCN=[N+]=[N-])c1sc(-c2cccnc2)nc1Cl. The molecule has 0 N–H and O–H groups in total. The topological polar surface area (TPSA) is 112 Å². The first-order chi connectivity index (χ1) is 14.5. The number of carbonyl (C=O) groups excluding carboxylic acids is 2. The number of rotatable bonds is 12. The van der Waals surface area contributed by atoms with Gasteiger partial charge in [-0.3, -0.25) is 14.6 Å². The van der Waals surface area contributed by atoms with Gasteiger partial charge in [-0.1, -0.05) is 28.1 Å². The predicted molar refractivity (Wildman–Crippen MR) is 127 cm³/mol. The molecule has 2 aromatic heterocycles. The third-order valence-corrected chi connectivity index (χ3v) is 6.83. The van der Waals surface area contributed by atoms with Crippen LogP contribution in [0, 0.1) is 5.92 Å². The first kappa shape index (κ1) is 24.5. The second-order valence-corrected chi connectivity index (χ2v) is 9.25. The van der Waals surface area contributed by atoms with Crippen molar-refractivity contribution in [2.24, 2.45) is 11.0 Å². The number of thioether (sulfide) groups is 2. The normalized spacial score (nSPS) is 11.6. The van der Waals surface area contributed by atoms with Crippen molar-refractivity contribution < 1.29 is 9.59 Å². The first-order valence-electron chi connectivity index (χ1n) is 8.93. The van der Waals surface area contributed by atoms with Gasteiger partial charge in [0, 0.05) is 48.1 Å². The second-order valence-electron chi connectivity index (χ2n) is 6.02. The first-order valence-corrected chi connectivity index (χ1v) is 12.9. The summed E-state index contributed by atoms with van der Waals surface area (Å²) in [5.41, 5.74) is 9.40. The van der Waals surface area contributed by atoms with E-state index in [1.807, 2.05) is 18.6 Å². The molecular formula is C18H21ClN6O2S3. The third-order valence-electron chi connectivity index (χ3n) is 4.05. The number of nitrogens with zero attached hydrogens (tertiary/aromatic N) is 6. The number of anilines is 1. The molecule has 0 saturated carbocycles. The highest BCUT2D eigenvalue weighted by atomic mass is 35.5. The number of thiazole rings is 1. The van der Waals surface area contributed by atoms with Crippen LogP contribution < -0.4 is 4.90 Å². The van der Waals surface area contributed by atoms with E-state index >= 15 is 0 Å². The van der Waals surface area contributed by atoms with E-state index < -0.39 is 5.92 Å². The lowest BCUT2D eigenvalue weighted by Crippen LogP contribution is -2.42. The minimum absolute atomic E-state index is 0.0592. The Morgan fingerprint density at radius 3 is 2.83 bits per heavy atom. The summed E-state index contributed by atoms with van der Waals surface area (Å²) in [6.07, 6.45) is 7.41. The lowest BCUT2D eigenvalue weighted by Gasteiger charge is -2.25. The Morgan fingerprint density at radius 1 is 1.40 bits per heavy atom. The zero-order valence-electron chi connectivity index (χ0n) is 16.5. The highest BCUT2D eigenvalue weighted by Crippen LogP contribution is 2.38. The molecule has 0 aliphatic carbocycles. The molecule has 160 valence electrons. The molecule has 2 rings (SSSR count). The number of Topliss-reactive ketones (excluding diaryl/α,β-unsaturated/α-hetero) is 1. The molecule has 0 aliphatic rings. The van der Waals surface area contributed by atoms with E-state index in [9.17, 15) is 9.59 Å². The molecule has 12 heteroatoms. The molecule has 30 heavy (non-hydrogen) atoms. The largest absolute Gasteiger partial charge is 0.300 e. The summed E-state index contributed by atoms with van der Waals surface area (Å²) in [6.45, 7) is 0.168. The summed E-state index contributed by atoms with van der Waals surface area (Å²) in [5.74, 6) is -0.228. The monoisotopic (exact) mass is 484 g/mol. The fraction of sp³-hybridized carbons (Fsp3) is 0.444. The van der Waals surface area contributed by atoms with E-state index in [0.717, 1.165) is 5.56 Å². The Morgan fingerprint density at radius 2 is 2.20 bits per heavy atom. The Bertz CT molecular complexity index is 905. The highest BCUT2D eigenvalue weighted by molar-refractivity contribution is 7.98. The van der Waals surface area contributed by atoms with Crippen LogP contribution in [0.15, 0.2) is 29.6 Å². The fourth-order valence-electron chi connectivity index (χ4n) is 2.61. The summed E-state index contributed by atoms with van der Waals surface area (Å²) < 4.78 is 0. The lowest BCUT2D eigenvalue weighted by atomic mass is 10.0. The van der Waals surface area contributed by atoms with Gasteiger partial charge in [-0.05, 0) is 35.9 Å². The van der Waals surface area contributed by atoms with Crippen LogP contribution in [0.1, 0.15) is 6.42 Å². The van der Waals surface area contributed by atoms with Crippen molar-refractivity contribution in [3.8, 4) is 10.6 Å². The Hall–Kier alpha value is -1.78. The summed E-state index contributed by atoms with van der Waals surface area (Å²) in [5, 5.41) is 4.74. The van der Waals surface area contributed by atoms with E-state index in [4.69, 9.17) is 17.1 Å². The molecule has 0 aromatic carbocycles. The average Bonchev–Trinajstić information content (AvgIpc) is 3.15. The van der Waals surface area contributed by atoms with Crippen LogP contribution in [0.3, 0.4) is 0 Å². The van der Waals surface area contributed by atoms with Gasteiger partial charge in [0.25, 0.3) is 0 Å². The van der Waals surface area contributed by atoms with E-state index in [1.54, 1.807) is 30.2 Å². The van der Waals surface area contributed by atoms with Gasteiger partial charge >= 0.3 is 0 Å². The molecule has 0 spiro atoms. The fourth-order valence-corrected chi connectivity index (χ4v) is 5.01. The van der Waals surface area contributed by atoms with E-state index in [0.29, 0.717) is 27.9 Å². The Labute approximate surface area is 192 Å². The van der Waals surface area contributed by atoms with E-state index in [2.05, 4.69) is 20.0 Å². The summed E-state index contributed by atoms with van der Waals surface area (Å²) in [7, 11) is 0. The molecule has 0 fully saturated rings. The molecular weight excluding hydrogens is 464 g/mol. The lowest BCUT2D eigenvalue weighted by molar-refractivity contribution is -0.131. The van der Waals surface area contributed by atoms with Gasteiger partial charge in [0.05, 0.1) is 0 Å². The molecule has 0 saturated heterocycles. The van der Waals surface area contributed by atoms with Crippen molar-refractivity contribution in [1.82, 2.24) is 9.97 Å². The van der Waals surface area contributed by atoms with Crippen molar-refractivity contribution in [3.63, 3.8) is 0 Å². The number of azide groups is 1. The maximum Gasteiger partial charge on any atom is 0.239 e. The molecule has 8 nitrogen and oxygen atoms in total. The Kier molecular flexibility index (Phi) is 10.5. The van der Waals surface area contributed by atoms with Gasteiger partial charge in [-0.2, -0.15) is 23.5 Å². The zero-order valence-corrected chi connectivity index (χ0v) is 19.7. The minimum atomic E-state index is -0.793. The van der Waals surface area contributed by atoms with Gasteiger partial charge in [-0.15, -0.1) is 0 Å². The summed E-state index contributed by atoms with van der Waals surface area (Å²) >= 11 is 10.6. The number of carbonyl (C=O) groups is 2. The quantitative estimate of drug-likeness (QED) is 0.185. The minimum Gasteiger partial charge on any atom is -0.300 e. The van der Waals surface area contributed by atoms with Gasteiger partial charge in [0.15, 0.2) is 5.15 Å². The summed E-state index contributed by atoms with van der Waals surface area (Å²) in [6, 6.07) is 3.63. The predicted octanol–water partition coefficient (Wildman–Crippen LogP) is 4.80. The van der Waals surface area contributed by atoms with Crippen LogP contribution in [-0.2, 0) is 9.59 Å². The number of ketones is 1. The van der Waals surface area contributed by atoms with Crippen LogP contribution in [0.25, 0.3) is 21.0 Å². The van der Waals surface area contributed by atoms with Gasteiger partial charge in [0.1, 0.15) is 21.7 Å². The van der Waals surface area contributed by atoms with Gasteiger partial charge < -0.3 is 4.90 Å².